The summed E-state index contributed by atoms with van der Waals surface area (Å²) in [5.74, 6) is 0.864. The van der Waals surface area contributed by atoms with Gasteiger partial charge in [-0.2, -0.15) is 0 Å². The maximum atomic E-state index is 11.2. The molecule has 2 nitrogen and oxygen atoms in total. The van der Waals surface area contributed by atoms with E-state index in [1.165, 1.54) is 16.7 Å². The van der Waals surface area contributed by atoms with Gasteiger partial charge in [-0.25, -0.2) is 0 Å². The van der Waals surface area contributed by atoms with Crippen LogP contribution in [0.3, 0.4) is 0 Å². The smallest absolute Gasteiger partial charge is 0.132 e. The Labute approximate surface area is 103 Å². The molecule has 1 aromatic carbocycles. The van der Waals surface area contributed by atoms with Crippen molar-refractivity contribution in [2.75, 3.05) is 0 Å². The van der Waals surface area contributed by atoms with Crippen molar-refractivity contribution >= 4 is 5.78 Å². The number of nitrogens with two attached hydrogens (primary N) is 1. The van der Waals surface area contributed by atoms with Gasteiger partial charge in [-0.15, -0.1) is 0 Å². The minimum Gasteiger partial charge on any atom is -0.324 e. The number of rotatable bonds is 2. The summed E-state index contributed by atoms with van der Waals surface area (Å²) < 4.78 is 0. The van der Waals surface area contributed by atoms with Crippen LogP contribution in [-0.2, 0) is 4.79 Å². The fourth-order valence-electron chi connectivity index (χ4n) is 2.57. The molecule has 1 unspecified atom stereocenters. The molecule has 2 heteroatoms. The quantitative estimate of drug-likeness (QED) is 0.850. The second kappa shape index (κ2) is 5.01. The first-order valence-corrected chi connectivity index (χ1v) is 6.42. The van der Waals surface area contributed by atoms with Crippen LogP contribution >= 0.6 is 0 Å². The van der Waals surface area contributed by atoms with Gasteiger partial charge < -0.3 is 5.73 Å². The van der Waals surface area contributed by atoms with Crippen LogP contribution in [0.1, 0.15) is 48.4 Å². The summed E-state index contributed by atoms with van der Waals surface area (Å²) in [5.41, 5.74) is 10.1. The van der Waals surface area contributed by atoms with E-state index < -0.39 is 0 Å². The van der Waals surface area contributed by atoms with Crippen molar-refractivity contribution in [3.8, 4) is 0 Å². The van der Waals surface area contributed by atoms with Crippen molar-refractivity contribution in [3.05, 3.63) is 34.9 Å². The molecule has 0 amide bonds. The predicted molar refractivity (Wildman–Crippen MR) is 69.8 cm³/mol. The summed E-state index contributed by atoms with van der Waals surface area (Å²) in [6.45, 7) is 4.24. The molecule has 0 heterocycles. The Hall–Kier alpha value is -1.15. The van der Waals surface area contributed by atoms with Gasteiger partial charge in [-0.1, -0.05) is 18.2 Å². The van der Waals surface area contributed by atoms with E-state index >= 15 is 0 Å². The number of Topliss-reactive ketones (excluding diaryl/α,β-unsaturated/α-hetero) is 1. The third kappa shape index (κ3) is 2.75. The first-order chi connectivity index (χ1) is 8.08. The van der Waals surface area contributed by atoms with Crippen LogP contribution < -0.4 is 5.73 Å². The van der Waals surface area contributed by atoms with E-state index in [1.54, 1.807) is 0 Å². The van der Waals surface area contributed by atoms with Gasteiger partial charge in [-0.3, -0.25) is 4.79 Å². The highest BCUT2D eigenvalue weighted by molar-refractivity contribution is 5.79. The number of hydrogen-bond donors (Lipinski definition) is 1. The summed E-state index contributed by atoms with van der Waals surface area (Å²) >= 11 is 0. The lowest BCUT2D eigenvalue weighted by molar-refractivity contribution is -0.121. The zero-order chi connectivity index (χ0) is 12.4. The number of carbonyl (C=O) groups is 1. The van der Waals surface area contributed by atoms with Crippen LogP contribution in [0.2, 0.25) is 0 Å². The second-order valence-electron chi connectivity index (χ2n) is 5.25. The van der Waals surface area contributed by atoms with E-state index in [-0.39, 0.29) is 6.04 Å². The highest BCUT2D eigenvalue weighted by Crippen LogP contribution is 2.32. The summed E-state index contributed by atoms with van der Waals surface area (Å²) in [6.07, 6.45) is 3.33. The fourth-order valence-corrected chi connectivity index (χ4v) is 2.57. The minimum absolute atomic E-state index is 0.0856. The molecule has 0 spiro atoms. The topological polar surface area (TPSA) is 43.1 Å². The molecule has 1 aliphatic carbocycles. The van der Waals surface area contributed by atoms with Crippen LogP contribution in [0.15, 0.2) is 18.2 Å². The Morgan fingerprint density at radius 3 is 2.41 bits per heavy atom. The lowest BCUT2D eigenvalue weighted by atomic mass is 9.80. The normalized spacial score (nSPS) is 19.4. The molecule has 1 aromatic rings. The third-order valence-corrected chi connectivity index (χ3v) is 4.01. The maximum Gasteiger partial charge on any atom is 0.132 e. The first kappa shape index (κ1) is 12.3. The summed E-state index contributed by atoms with van der Waals surface area (Å²) in [5, 5.41) is 0. The second-order valence-corrected chi connectivity index (χ2v) is 5.25. The highest BCUT2D eigenvalue weighted by Gasteiger charge is 2.25. The van der Waals surface area contributed by atoms with Crippen LogP contribution in [0.5, 0.6) is 0 Å². The molecule has 17 heavy (non-hydrogen) atoms. The third-order valence-electron chi connectivity index (χ3n) is 4.01. The Balaban J connectivity index is 2.11. The fraction of sp³-hybridized carbons (Fsp3) is 0.533. The molecule has 1 aliphatic rings. The lowest BCUT2D eigenvalue weighted by Gasteiger charge is -2.27. The molecule has 0 aliphatic heterocycles. The molecule has 1 atom stereocenters. The van der Waals surface area contributed by atoms with E-state index in [2.05, 4.69) is 32.0 Å². The van der Waals surface area contributed by atoms with E-state index in [0.29, 0.717) is 24.5 Å². The molecule has 1 fully saturated rings. The van der Waals surface area contributed by atoms with Gasteiger partial charge in [0.05, 0.1) is 0 Å². The van der Waals surface area contributed by atoms with Gasteiger partial charge in [0.25, 0.3) is 0 Å². The Kier molecular flexibility index (Phi) is 3.63. The average Bonchev–Trinajstić information content (AvgIpc) is 2.33. The molecule has 92 valence electrons. The first-order valence-electron chi connectivity index (χ1n) is 6.42. The monoisotopic (exact) mass is 231 g/mol. The van der Waals surface area contributed by atoms with Gasteiger partial charge in [-0.05, 0) is 49.3 Å². The Morgan fingerprint density at radius 2 is 1.82 bits per heavy atom. The zero-order valence-electron chi connectivity index (χ0n) is 10.7. The van der Waals surface area contributed by atoms with Crippen LogP contribution in [0.4, 0.5) is 0 Å². The lowest BCUT2D eigenvalue weighted by Crippen LogP contribution is -2.26. The van der Waals surface area contributed by atoms with Crippen molar-refractivity contribution in [1.82, 2.24) is 0 Å². The molecule has 1 saturated carbocycles. The molecular weight excluding hydrogens is 210 g/mol. The number of ketones is 1. The van der Waals surface area contributed by atoms with E-state index in [0.717, 1.165) is 12.8 Å². The summed E-state index contributed by atoms with van der Waals surface area (Å²) in [7, 11) is 0. The maximum absolute atomic E-state index is 11.2. The molecule has 2 N–H and O–H groups in total. The number of benzene rings is 1. The van der Waals surface area contributed by atoms with E-state index in [9.17, 15) is 4.79 Å². The SMILES string of the molecule is Cc1ccc(C(N)C2CCC(=O)CC2)cc1C. The van der Waals surface area contributed by atoms with Crippen molar-refractivity contribution in [3.63, 3.8) is 0 Å². The molecule has 0 bridgehead atoms. The number of carbonyl (C=O) groups excluding carboxylic acids is 1. The van der Waals surface area contributed by atoms with Gasteiger partial charge >= 0.3 is 0 Å². The molecule has 0 radical (unpaired) electrons. The molecule has 0 aromatic heterocycles. The molecular formula is C15H21NO. The summed E-state index contributed by atoms with van der Waals surface area (Å²) in [4.78, 5) is 11.2. The van der Waals surface area contributed by atoms with Gasteiger partial charge in [0, 0.05) is 18.9 Å². The Morgan fingerprint density at radius 1 is 1.18 bits per heavy atom. The number of hydrogen-bond acceptors (Lipinski definition) is 2. The van der Waals surface area contributed by atoms with Crippen LogP contribution in [0.25, 0.3) is 0 Å². The zero-order valence-corrected chi connectivity index (χ0v) is 10.7. The molecule has 0 saturated heterocycles. The van der Waals surface area contributed by atoms with Crippen molar-refractivity contribution in [1.29, 1.82) is 0 Å². The average molecular weight is 231 g/mol. The van der Waals surface area contributed by atoms with Crippen molar-refractivity contribution in [2.45, 2.75) is 45.6 Å². The van der Waals surface area contributed by atoms with Gasteiger partial charge in [0.15, 0.2) is 0 Å². The van der Waals surface area contributed by atoms with Crippen LogP contribution in [0, 0.1) is 19.8 Å². The Bertz CT molecular complexity index is 415. The van der Waals surface area contributed by atoms with Gasteiger partial charge in [0.1, 0.15) is 5.78 Å². The molecule has 2 rings (SSSR count). The van der Waals surface area contributed by atoms with Crippen molar-refractivity contribution < 1.29 is 4.79 Å². The standard InChI is InChI=1S/C15H21NO/c1-10-3-4-13(9-11(10)2)15(16)12-5-7-14(17)8-6-12/h3-4,9,12,15H,5-8,16H2,1-2H3. The number of aryl methyl sites for hydroxylation is 2. The van der Waals surface area contributed by atoms with E-state index in [1.807, 2.05) is 0 Å². The minimum atomic E-state index is 0.0856. The van der Waals surface area contributed by atoms with E-state index in [4.69, 9.17) is 5.73 Å². The van der Waals surface area contributed by atoms with Crippen LogP contribution in [-0.4, -0.2) is 5.78 Å². The van der Waals surface area contributed by atoms with Crippen molar-refractivity contribution in [2.24, 2.45) is 11.7 Å². The summed E-state index contributed by atoms with van der Waals surface area (Å²) in [6, 6.07) is 6.54. The largest absolute Gasteiger partial charge is 0.324 e. The predicted octanol–water partition coefficient (Wildman–Crippen LogP) is 3.06. The van der Waals surface area contributed by atoms with Gasteiger partial charge in [0.2, 0.25) is 0 Å². The highest BCUT2D eigenvalue weighted by atomic mass is 16.1.